The van der Waals surface area contributed by atoms with Gasteiger partial charge in [-0.2, -0.15) is 0 Å². The smallest absolute Gasteiger partial charge is 0.167 e. The van der Waals surface area contributed by atoms with E-state index in [9.17, 15) is 4.39 Å². The molecule has 0 radical (unpaired) electrons. The van der Waals surface area contributed by atoms with E-state index in [1.165, 1.54) is 17.7 Å². The molecule has 0 amide bonds. The van der Waals surface area contributed by atoms with Gasteiger partial charge in [-0.1, -0.05) is 49.4 Å². The van der Waals surface area contributed by atoms with Crippen molar-refractivity contribution in [3.8, 4) is 0 Å². The molecule has 2 rings (SSSR count). The van der Waals surface area contributed by atoms with Gasteiger partial charge in [0.25, 0.3) is 0 Å². The Hall–Kier alpha value is -1.94. The Labute approximate surface area is 130 Å². The molecule has 1 atom stereocenters. The summed E-state index contributed by atoms with van der Waals surface area (Å²) in [7, 11) is 0. The summed E-state index contributed by atoms with van der Waals surface area (Å²) in [5.74, 6) is -0.227. The largest absolute Gasteiger partial charge is 0.359 e. The van der Waals surface area contributed by atoms with Crippen molar-refractivity contribution in [3.63, 3.8) is 0 Å². The molecular weight excluding hydrogens is 283 g/mol. The molecule has 4 heteroatoms. The van der Waals surface area contributed by atoms with Crippen LogP contribution >= 0.6 is 12.2 Å². The SMILES string of the molecule is CC[C@@H](NC(=S)NCc1ccc(F)cc1)c1ccccc1. The summed E-state index contributed by atoms with van der Waals surface area (Å²) in [4.78, 5) is 0. The van der Waals surface area contributed by atoms with E-state index in [0.29, 0.717) is 11.7 Å². The van der Waals surface area contributed by atoms with Crippen molar-refractivity contribution >= 4 is 17.3 Å². The summed E-state index contributed by atoms with van der Waals surface area (Å²) >= 11 is 5.33. The van der Waals surface area contributed by atoms with Gasteiger partial charge in [-0.05, 0) is 41.9 Å². The molecule has 0 unspecified atom stereocenters. The Morgan fingerprint density at radius 3 is 2.38 bits per heavy atom. The van der Waals surface area contributed by atoms with E-state index in [0.717, 1.165) is 12.0 Å². The van der Waals surface area contributed by atoms with Crippen molar-refractivity contribution in [1.82, 2.24) is 10.6 Å². The zero-order valence-electron chi connectivity index (χ0n) is 12.0. The minimum atomic E-state index is -0.227. The second-order valence-corrected chi connectivity index (χ2v) is 5.23. The molecule has 110 valence electrons. The lowest BCUT2D eigenvalue weighted by molar-refractivity contribution is 0.615. The molecule has 0 heterocycles. The number of thiocarbonyl (C=S) groups is 1. The Kier molecular flexibility index (Phi) is 5.69. The van der Waals surface area contributed by atoms with Crippen LogP contribution in [0.4, 0.5) is 4.39 Å². The summed E-state index contributed by atoms with van der Waals surface area (Å²) in [6.45, 7) is 2.70. The zero-order valence-corrected chi connectivity index (χ0v) is 12.8. The fourth-order valence-corrected chi connectivity index (χ4v) is 2.31. The van der Waals surface area contributed by atoms with E-state index >= 15 is 0 Å². The first-order chi connectivity index (χ1) is 10.2. The van der Waals surface area contributed by atoms with E-state index in [2.05, 4.69) is 29.7 Å². The van der Waals surface area contributed by atoms with E-state index in [1.807, 2.05) is 18.2 Å². The van der Waals surface area contributed by atoms with E-state index in [1.54, 1.807) is 12.1 Å². The fourth-order valence-electron chi connectivity index (χ4n) is 2.10. The first kappa shape index (κ1) is 15.4. The van der Waals surface area contributed by atoms with Crippen LogP contribution in [0.1, 0.15) is 30.5 Å². The van der Waals surface area contributed by atoms with Crippen LogP contribution in [0, 0.1) is 5.82 Å². The Morgan fingerprint density at radius 2 is 1.76 bits per heavy atom. The minimum absolute atomic E-state index is 0.194. The number of hydrogen-bond acceptors (Lipinski definition) is 1. The third kappa shape index (κ3) is 4.83. The van der Waals surface area contributed by atoms with E-state index in [-0.39, 0.29) is 11.9 Å². The predicted octanol–water partition coefficient (Wildman–Crippen LogP) is 3.94. The Balaban J connectivity index is 1.87. The van der Waals surface area contributed by atoms with Crippen LogP contribution in [0.25, 0.3) is 0 Å². The second-order valence-electron chi connectivity index (χ2n) is 4.82. The summed E-state index contributed by atoms with van der Waals surface area (Å²) in [6, 6.07) is 16.8. The molecule has 2 N–H and O–H groups in total. The van der Waals surface area contributed by atoms with Gasteiger partial charge in [-0.3, -0.25) is 0 Å². The topological polar surface area (TPSA) is 24.1 Å². The number of nitrogens with one attached hydrogen (secondary N) is 2. The highest BCUT2D eigenvalue weighted by molar-refractivity contribution is 7.80. The van der Waals surface area contributed by atoms with Crippen molar-refractivity contribution in [1.29, 1.82) is 0 Å². The number of hydrogen-bond donors (Lipinski definition) is 2. The maximum Gasteiger partial charge on any atom is 0.167 e. The molecule has 0 saturated heterocycles. The van der Waals surface area contributed by atoms with Crippen molar-refractivity contribution < 1.29 is 4.39 Å². The van der Waals surface area contributed by atoms with Crippen molar-refractivity contribution in [2.24, 2.45) is 0 Å². The van der Waals surface area contributed by atoms with Crippen LogP contribution in [0.2, 0.25) is 0 Å². The first-order valence-corrected chi connectivity index (χ1v) is 7.43. The van der Waals surface area contributed by atoms with Gasteiger partial charge in [0.1, 0.15) is 5.82 Å². The van der Waals surface area contributed by atoms with E-state index < -0.39 is 0 Å². The number of rotatable bonds is 5. The van der Waals surface area contributed by atoms with Crippen molar-refractivity contribution in [2.75, 3.05) is 0 Å². The summed E-state index contributed by atoms with van der Waals surface area (Å²) in [6.07, 6.45) is 0.947. The van der Waals surface area contributed by atoms with Gasteiger partial charge in [0.15, 0.2) is 5.11 Å². The van der Waals surface area contributed by atoms with Crippen LogP contribution in [0.5, 0.6) is 0 Å². The summed E-state index contributed by atoms with van der Waals surface area (Å²) in [5, 5.41) is 7.07. The van der Waals surface area contributed by atoms with Crippen LogP contribution in [-0.4, -0.2) is 5.11 Å². The van der Waals surface area contributed by atoms with Gasteiger partial charge < -0.3 is 10.6 Å². The molecule has 0 aliphatic heterocycles. The lowest BCUT2D eigenvalue weighted by Gasteiger charge is -2.20. The summed E-state index contributed by atoms with van der Waals surface area (Å²) in [5.41, 5.74) is 2.21. The van der Waals surface area contributed by atoms with Gasteiger partial charge in [-0.15, -0.1) is 0 Å². The van der Waals surface area contributed by atoms with Gasteiger partial charge in [0.2, 0.25) is 0 Å². The average molecular weight is 302 g/mol. The number of benzene rings is 2. The van der Waals surface area contributed by atoms with Crippen molar-refractivity contribution in [2.45, 2.75) is 25.9 Å². The molecule has 2 aromatic carbocycles. The molecule has 0 spiro atoms. The Bertz CT molecular complexity index is 569. The van der Waals surface area contributed by atoms with Crippen LogP contribution in [-0.2, 0) is 6.54 Å². The predicted molar refractivity (Wildman–Crippen MR) is 88.4 cm³/mol. The highest BCUT2D eigenvalue weighted by Gasteiger charge is 2.09. The maximum atomic E-state index is 12.8. The quantitative estimate of drug-likeness (QED) is 0.818. The third-order valence-corrected chi connectivity index (χ3v) is 3.54. The van der Waals surface area contributed by atoms with Crippen LogP contribution in [0.3, 0.4) is 0 Å². The normalized spacial score (nSPS) is 11.7. The molecule has 0 aliphatic rings. The highest BCUT2D eigenvalue weighted by Crippen LogP contribution is 2.15. The van der Waals surface area contributed by atoms with Crippen molar-refractivity contribution in [3.05, 3.63) is 71.5 Å². The lowest BCUT2D eigenvalue weighted by atomic mass is 10.1. The van der Waals surface area contributed by atoms with Gasteiger partial charge >= 0.3 is 0 Å². The average Bonchev–Trinajstić information content (AvgIpc) is 2.53. The fraction of sp³-hybridized carbons (Fsp3) is 0.235. The molecular formula is C17H19FN2S. The molecule has 0 aliphatic carbocycles. The standard InChI is InChI=1S/C17H19FN2S/c1-2-16(14-6-4-3-5-7-14)20-17(21)19-12-13-8-10-15(18)11-9-13/h3-11,16H,2,12H2,1H3,(H2,19,20,21)/t16-/m1/s1. The van der Waals surface area contributed by atoms with Crippen LogP contribution in [0.15, 0.2) is 54.6 Å². The maximum absolute atomic E-state index is 12.8. The first-order valence-electron chi connectivity index (χ1n) is 7.02. The van der Waals surface area contributed by atoms with Gasteiger partial charge in [-0.25, -0.2) is 4.39 Å². The zero-order chi connectivity index (χ0) is 15.1. The third-order valence-electron chi connectivity index (χ3n) is 3.28. The van der Waals surface area contributed by atoms with E-state index in [4.69, 9.17) is 12.2 Å². The highest BCUT2D eigenvalue weighted by atomic mass is 32.1. The molecule has 0 fully saturated rings. The number of halogens is 1. The summed E-state index contributed by atoms with van der Waals surface area (Å²) < 4.78 is 12.8. The van der Waals surface area contributed by atoms with Gasteiger partial charge in [0, 0.05) is 6.54 Å². The monoisotopic (exact) mass is 302 g/mol. The molecule has 21 heavy (non-hydrogen) atoms. The van der Waals surface area contributed by atoms with Crippen LogP contribution < -0.4 is 10.6 Å². The molecule has 0 bridgehead atoms. The lowest BCUT2D eigenvalue weighted by Crippen LogP contribution is -2.37. The molecule has 2 aromatic rings. The Morgan fingerprint density at radius 1 is 1.10 bits per heavy atom. The molecule has 2 nitrogen and oxygen atoms in total. The van der Waals surface area contributed by atoms with Gasteiger partial charge in [0.05, 0.1) is 6.04 Å². The minimum Gasteiger partial charge on any atom is -0.359 e. The molecule has 0 aromatic heterocycles. The molecule has 0 saturated carbocycles. The second kappa shape index (κ2) is 7.74.